The number of hydrogen-bond donors (Lipinski definition) is 2. The SMILES string of the molecule is CCC(O)COc1ccc(Br)cc1[C@H](C)N. The van der Waals surface area contributed by atoms with Gasteiger partial charge in [-0.25, -0.2) is 0 Å². The molecule has 0 fully saturated rings. The van der Waals surface area contributed by atoms with E-state index in [1.165, 1.54) is 0 Å². The van der Waals surface area contributed by atoms with Crippen LogP contribution in [-0.2, 0) is 0 Å². The molecule has 1 aromatic rings. The average Bonchev–Trinajstić information content (AvgIpc) is 2.26. The number of aliphatic hydroxyl groups is 1. The fourth-order valence-corrected chi connectivity index (χ4v) is 1.69. The Morgan fingerprint density at radius 1 is 1.50 bits per heavy atom. The van der Waals surface area contributed by atoms with Gasteiger partial charge in [0, 0.05) is 16.1 Å². The van der Waals surface area contributed by atoms with Crippen LogP contribution >= 0.6 is 15.9 Å². The standard InChI is InChI=1S/C12H18BrNO2/c1-3-10(15)7-16-12-5-4-9(13)6-11(12)8(2)14/h4-6,8,10,15H,3,7,14H2,1-2H3/t8-,10?/m0/s1. The van der Waals surface area contributed by atoms with Crippen molar-refractivity contribution in [2.75, 3.05) is 6.61 Å². The Balaban J connectivity index is 2.78. The minimum atomic E-state index is -0.426. The molecule has 4 heteroatoms. The highest BCUT2D eigenvalue weighted by molar-refractivity contribution is 9.10. The van der Waals surface area contributed by atoms with Gasteiger partial charge in [0.1, 0.15) is 12.4 Å². The number of nitrogens with two attached hydrogens (primary N) is 1. The Morgan fingerprint density at radius 2 is 2.19 bits per heavy atom. The molecule has 0 aliphatic carbocycles. The van der Waals surface area contributed by atoms with E-state index < -0.39 is 6.10 Å². The van der Waals surface area contributed by atoms with E-state index in [1.807, 2.05) is 32.0 Å². The Hall–Kier alpha value is -0.580. The molecule has 1 unspecified atom stereocenters. The van der Waals surface area contributed by atoms with Crippen molar-refractivity contribution in [2.24, 2.45) is 5.73 Å². The van der Waals surface area contributed by atoms with E-state index in [9.17, 15) is 5.11 Å². The molecule has 3 N–H and O–H groups in total. The Labute approximate surface area is 105 Å². The molecule has 3 nitrogen and oxygen atoms in total. The minimum Gasteiger partial charge on any atom is -0.491 e. The van der Waals surface area contributed by atoms with Crippen LogP contribution in [0.25, 0.3) is 0 Å². The van der Waals surface area contributed by atoms with E-state index in [0.717, 1.165) is 15.8 Å². The first-order valence-electron chi connectivity index (χ1n) is 5.40. The van der Waals surface area contributed by atoms with Crippen molar-refractivity contribution in [3.05, 3.63) is 28.2 Å². The molecule has 0 aliphatic heterocycles. The lowest BCUT2D eigenvalue weighted by atomic mass is 10.1. The zero-order chi connectivity index (χ0) is 12.1. The second-order valence-electron chi connectivity index (χ2n) is 3.84. The summed E-state index contributed by atoms with van der Waals surface area (Å²) in [6.07, 6.45) is 0.258. The predicted molar refractivity (Wildman–Crippen MR) is 68.5 cm³/mol. The summed E-state index contributed by atoms with van der Waals surface area (Å²) >= 11 is 3.40. The van der Waals surface area contributed by atoms with Crippen molar-refractivity contribution < 1.29 is 9.84 Å². The maximum Gasteiger partial charge on any atom is 0.124 e. The normalized spacial score (nSPS) is 14.6. The van der Waals surface area contributed by atoms with Crippen LogP contribution in [0, 0.1) is 0 Å². The number of hydrogen-bond acceptors (Lipinski definition) is 3. The third-order valence-electron chi connectivity index (χ3n) is 2.36. The van der Waals surface area contributed by atoms with Gasteiger partial charge in [-0.3, -0.25) is 0 Å². The van der Waals surface area contributed by atoms with Gasteiger partial charge in [-0.05, 0) is 31.5 Å². The van der Waals surface area contributed by atoms with E-state index in [4.69, 9.17) is 10.5 Å². The first kappa shape index (κ1) is 13.5. The van der Waals surface area contributed by atoms with Gasteiger partial charge >= 0.3 is 0 Å². The minimum absolute atomic E-state index is 0.0914. The summed E-state index contributed by atoms with van der Waals surface area (Å²) in [7, 11) is 0. The highest BCUT2D eigenvalue weighted by Gasteiger charge is 2.10. The highest BCUT2D eigenvalue weighted by atomic mass is 79.9. The lowest BCUT2D eigenvalue weighted by molar-refractivity contribution is 0.103. The summed E-state index contributed by atoms with van der Waals surface area (Å²) in [6, 6.07) is 5.62. The van der Waals surface area contributed by atoms with Crippen LogP contribution < -0.4 is 10.5 Å². The Kier molecular flexibility index (Phi) is 5.25. The second kappa shape index (κ2) is 6.23. The largest absolute Gasteiger partial charge is 0.491 e. The Bertz CT molecular complexity index is 342. The lowest BCUT2D eigenvalue weighted by Crippen LogP contribution is -2.17. The molecule has 0 bridgehead atoms. The first-order chi connectivity index (χ1) is 7.54. The number of rotatable bonds is 5. The van der Waals surface area contributed by atoms with E-state index in [0.29, 0.717) is 13.0 Å². The summed E-state index contributed by atoms with van der Waals surface area (Å²) in [4.78, 5) is 0. The number of benzene rings is 1. The first-order valence-corrected chi connectivity index (χ1v) is 6.19. The molecule has 0 aromatic heterocycles. The van der Waals surface area contributed by atoms with Crippen molar-refractivity contribution in [1.29, 1.82) is 0 Å². The molecule has 0 heterocycles. The van der Waals surface area contributed by atoms with E-state index in [1.54, 1.807) is 0 Å². The van der Waals surface area contributed by atoms with Crippen LogP contribution in [0.5, 0.6) is 5.75 Å². The predicted octanol–water partition coefficient (Wildman–Crippen LogP) is 2.62. The van der Waals surface area contributed by atoms with Crippen molar-refractivity contribution in [1.82, 2.24) is 0 Å². The van der Waals surface area contributed by atoms with Gasteiger partial charge in [0.15, 0.2) is 0 Å². The monoisotopic (exact) mass is 287 g/mol. The van der Waals surface area contributed by atoms with Crippen LogP contribution in [-0.4, -0.2) is 17.8 Å². The smallest absolute Gasteiger partial charge is 0.124 e. The van der Waals surface area contributed by atoms with Crippen molar-refractivity contribution >= 4 is 15.9 Å². The summed E-state index contributed by atoms with van der Waals surface area (Å²) in [5.41, 5.74) is 6.80. The highest BCUT2D eigenvalue weighted by Crippen LogP contribution is 2.27. The van der Waals surface area contributed by atoms with Gasteiger partial charge < -0.3 is 15.6 Å². The van der Waals surface area contributed by atoms with Crippen LogP contribution in [0.3, 0.4) is 0 Å². The lowest BCUT2D eigenvalue weighted by Gasteiger charge is -2.16. The van der Waals surface area contributed by atoms with Crippen molar-refractivity contribution in [2.45, 2.75) is 32.4 Å². The fourth-order valence-electron chi connectivity index (χ4n) is 1.31. The van der Waals surface area contributed by atoms with Gasteiger partial charge in [0.2, 0.25) is 0 Å². The Morgan fingerprint density at radius 3 is 2.75 bits per heavy atom. The molecular weight excluding hydrogens is 270 g/mol. The molecule has 0 spiro atoms. The van der Waals surface area contributed by atoms with Crippen molar-refractivity contribution in [3.63, 3.8) is 0 Å². The fraction of sp³-hybridized carbons (Fsp3) is 0.500. The summed E-state index contributed by atoms with van der Waals surface area (Å²) in [6.45, 7) is 4.13. The molecule has 90 valence electrons. The number of aliphatic hydroxyl groups excluding tert-OH is 1. The van der Waals surface area contributed by atoms with Gasteiger partial charge in [0.05, 0.1) is 6.10 Å². The summed E-state index contributed by atoms with van der Waals surface area (Å²) in [5, 5.41) is 9.44. The molecule has 1 rings (SSSR count). The molecule has 1 aromatic carbocycles. The van der Waals surface area contributed by atoms with Gasteiger partial charge in [-0.2, -0.15) is 0 Å². The summed E-state index contributed by atoms with van der Waals surface area (Å²) in [5.74, 6) is 0.741. The number of halogens is 1. The number of ether oxygens (including phenoxy) is 1. The van der Waals surface area contributed by atoms with E-state index in [2.05, 4.69) is 15.9 Å². The van der Waals surface area contributed by atoms with Gasteiger partial charge in [0.25, 0.3) is 0 Å². The van der Waals surface area contributed by atoms with E-state index >= 15 is 0 Å². The molecule has 0 aliphatic rings. The molecule has 2 atom stereocenters. The van der Waals surface area contributed by atoms with Gasteiger partial charge in [-0.15, -0.1) is 0 Å². The van der Waals surface area contributed by atoms with Crippen LogP contribution in [0.1, 0.15) is 31.9 Å². The maximum atomic E-state index is 9.44. The van der Waals surface area contributed by atoms with Crippen molar-refractivity contribution in [3.8, 4) is 5.75 Å². The molecule has 16 heavy (non-hydrogen) atoms. The zero-order valence-electron chi connectivity index (χ0n) is 9.61. The zero-order valence-corrected chi connectivity index (χ0v) is 11.2. The second-order valence-corrected chi connectivity index (χ2v) is 4.76. The molecule has 0 saturated heterocycles. The topological polar surface area (TPSA) is 55.5 Å². The van der Waals surface area contributed by atoms with Gasteiger partial charge in [-0.1, -0.05) is 22.9 Å². The quantitative estimate of drug-likeness (QED) is 0.875. The molecular formula is C12H18BrNO2. The third kappa shape index (κ3) is 3.77. The molecule has 0 radical (unpaired) electrons. The van der Waals surface area contributed by atoms with Crippen LogP contribution in [0.2, 0.25) is 0 Å². The average molecular weight is 288 g/mol. The van der Waals surface area contributed by atoms with Crippen LogP contribution in [0.15, 0.2) is 22.7 Å². The molecule has 0 amide bonds. The van der Waals surface area contributed by atoms with Crippen LogP contribution in [0.4, 0.5) is 0 Å². The van der Waals surface area contributed by atoms with E-state index in [-0.39, 0.29) is 6.04 Å². The maximum absolute atomic E-state index is 9.44. The molecule has 0 saturated carbocycles. The third-order valence-corrected chi connectivity index (χ3v) is 2.86. The summed E-state index contributed by atoms with van der Waals surface area (Å²) < 4.78 is 6.53.